The van der Waals surface area contributed by atoms with Gasteiger partial charge in [-0.05, 0) is 51.0 Å². The molecule has 1 aliphatic rings. The van der Waals surface area contributed by atoms with E-state index in [-0.39, 0.29) is 18.2 Å². The molecule has 0 amide bonds. The Morgan fingerprint density at radius 1 is 1.50 bits per heavy atom. The van der Waals surface area contributed by atoms with Gasteiger partial charge in [-0.3, -0.25) is 9.69 Å². The summed E-state index contributed by atoms with van der Waals surface area (Å²) in [6.45, 7) is 3.64. The molecule has 1 fully saturated rings. The van der Waals surface area contributed by atoms with Crippen LogP contribution in [0.1, 0.15) is 23.4 Å². The molecule has 0 bridgehead atoms. The van der Waals surface area contributed by atoms with Crippen molar-refractivity contribution in [2.75, 3.05) is 33.2 Å². The van der Waals surface area contributed by atoms with E-state index in [0.717, 1.165) is 19.6 Å². The molecule has 4 nitrogen and oxygen atoms in total. The molecular weight excluding hydrogens is 252 g/mol. The number of carbonyl (C=O) groups is 1. The van der Waals surface area contributed by atoms with Crippen LogP contribution >= 0.6 is 12.4 Å². The molecule has 5 heteroatoms. The lowest BCUT2D eigenvalue weighted by atomic mass is 9.97. The Balaban J connectivity index is 0.00000162. The maximum absolute atomic E-state index is 11.8. The van der Waals surface area contributed by atoms with Crippen molar-refractivity contribution in [2.24, 2.45) is 5.92 Å². The van der Waals surface area contributed by atoms with Crippen molar-refractivity contribution in [1.82, 2.24) is 10.2 Å². The van der Waals surface area contributed by atoms with E-state index in [1.807, 2.05) is 7.05 Å². The van der Waals surface area contributed by atoms with Crippen molar-refractivity contribution >= 4 is 18.2 Å². The molecule has 0 saturated carbocycles. The Morgan fingerprint density at radius 2 is 2.22 bits per heavy atom. The fraction of sp³-hybridized carbons (Fsp3) is 0.615. The molecule has 102 valence electrons. The molecule has 1 aliphatic heterocycles. The fourth-order valence-corrected chi connectivity index (χ4v) is 2.33. The number of rotatable bonds is 5. The first-order chi connectivity index (χ1) is 8.25. The second kappa shape index (κ2) is 7.56. The summed E-state index contributed by atoms with van der Waals surface area (Å²) in [5, 5.41) is 3.35. The monoisotopic (exact) mass is 272 g/mol. The second-order valence-corrected chi connectivity index (χ2v) is 4.79. The predicted octanol–water partition coefficient (Wildman–Crippen LogP) is 1.82. The molecule has 1 aromatic rings. The highest BCUT2D eigenvalue weighted by molar-refractivity contribution is 5.94. The lowest BCUT2D eigenvalue weighted by molar-refractivity contribution is 0.0906. The van der Waals surface area contributed by atoms with E-state index in [9.17, 15) is 4.79 Å². The summed E-state index contributed by atoms with van der Waals surface area (Å²) < 4.78 is 5.10. The normalized spacial score (nSPS) is 16.6. The van der Waals surface area contributed by atoms with Crippen LogP contribution in [-0.4, -0.2) is 43.9 Å². The number of hydrogen-bond acceptors (Lipinski definition) is 4. The van der Waals surface area contributed by atoms with Gasteiger partial charge in [0.2, 0.25) is 5.78 Å². The summed E-state index contributed by atoms with van der Waals surface area (Å²) in [7, 11) is 2.00. The van der Waals surface area contributed by atoms with E-state index < -0.39 is 0 Å². The first kappa shape index (κ1) is 15.2. The number of furan rings is 1. The van der Waals surface area contributed by atoms with Gasteiger partial charge in [0.25, 0.3) is 0 Å². The van der Waals surface area contributed by atoms with Gasteiger partial charge in [-0.25, -0.2) is 0 Å². The molecule has 2 heterocycles. The largest absolute Gasteiger partial charge is 0.461 e. The average molecular weight is 273 g/mol. The molecule has 0 unspecified atom stereocenters. The molecule has 1 aromatic heterocycles. The molecule has 0 atom stereocenters. The van der Waals surface area contributed by atoms with E-state index >= 15 is 0 Å². The zero-order valence-electron chi connectivity index (χ0n) is 10.7. The van der Waals surface area contributed by atoms with Crippen LogP contribution in [0.2, 0.25) is 0 Å². The summed E-state index contributed by atoms with van der Waals surface area (Å²) in [6.07, 6.45) is 3.96. The first-order valence-electron chi connectivity index (χ1n) is 6.21. The molecule has 0 aromatic carbocycles. The van der Waals surface area contributed by atoms with Crippen LogP contribution in [0.25, 0.3) is 0 Å². The van der Waals surface area contributed by atoms with Crippen molar-refractivity contribution in [3.05, 3.63) is 24.2 Å². The van der Waals surface area contributed by atoms with Gasteiger partial charge >= 0.3 is 0 Å². The van der Waals surface area contributed by atoms with Crippen molar-refractivity contribution in [2.45, 2.75) is 12.8 Å². The molecule has 18 heavy (non-hydrogen) atoms. The van der Waals surface area contributed by atoms with Crippen molar-refractivity contribution in [1.29, 1.82) is 0 Å². The third kappa shape index (κ3) is 4.44. The smallest absolute Gasteiger partial charge is 0.211 e. The number of likely N-dealkylation sites (N-methyl/N-ethyl adjacent to an activating group) is 1. The van der Waals surface area contributed by atoms with Gasteiger partial charge in [0, 0.05) is 6.54 Å². The zero-order chi connectivity index (χ0) is 12.1. The number of piperidine rings is 1. The number of Topliss-reactive ketones (excluding diaryl/α,β-unsaturated/α-hetero) is 1. The van der Waals surface area contributed by atoms with E-state index in [1.165, 1.54) is 12.8 Å². The van der Waals surface area contributed by atoms with Crippen LogP contribution in [0.3, 0.4) is 0 Å². The zero-order valence-corrected chi connectivity index (χ0v) is 11.5. The Morgan fingerprint density at radius 3 is 2.83 bits per heavy atom. The van der Waals surface area contributed by atoms with Gasteiger partial charge < -0.3 is 9.73 Å². The molecular formula is C13H21ClN2O2. The van der Waals surface area contributed by atoms with Gasteiger partial charge in [0.15, 0.2) is 5.76 Å². The lowest BCUT2D eigenvalue weighted by Crippen LogP contribution is -2.36. The van der Waals surface area contributed by atoms with Crippen LogP contribution in [-0.2, 0) is 0 Å². The Kier molecular flexibility index (Phi) is 6.39. The third-order valence-electron chi connectivity index (χ3n) is 3.24. The highest BCUT2D eigenvalue weighted by Gasteiger charge is 2.17. The SMILES string of the molecule is CN(CC(=O)c1ccco1)CC1CCNCC1.Cl. The third-order valence-corrected chi connectivity index (χ3v) is 3.24. The Bertz CT molecular complexity index is 348. The predicted molar refractivity (Wildman–Crippen MR) is 73.4 cm³/mol. The van der Waals surface area contributed by atoms with Crippen LogP contribution < -0.4 is 5.32 Å². The number of halogens is 1. The second-order valence-electron chi connectivity index (χ2n) is 4.79. The van der Waals surface area contributed by atoms with Crippen LogP contribution in [0.4, 0.5) is 0 Å². The van der Waals surface area contributed by atoms with Gasteiger partial charge in [-0.15, -0.1) is 12.4 Å². The minimum atomic E-state index is 0. The fourth-order valence-electron chi connectivity index (χ4n) is 2.33. The summed E-state index contributed by atoms with van der Waals surface area (Å²) in [5.74, 6) is 1.24. The number of nitrogens with one attached hydrogen (secondary N) is 1. The maximum atomic E-state index is 11.8. The minimum absolute atomic E-state index is 0. The van der Waals surface area contributed by atoms with Crippen LogP contribution in [0, 0.1) is 5.92 Å². The van der Waals surface area contributed by atoms with Crippen molar-refractivity contribution < 1.29 is 9.21 Å². The molecule has 1 N–H and O–H groups in total. The van der Waals surface area contributed by atoms with E-state index in [4.69, 9.17) is 4.42 Å². The topological polar surface area (TPSA) is 45.5 Å². The minimum Gasteiger partial charge on any atom is -0.461 e. The van der Waals surface area contributed by atoms with E-state index in [2.05, 4.69) is 10.2 Å². The summed E-state index contributed by atoms with van der Waals surface area (Å²) in [6, 6.07) is 3.47. The van der Waals surface area contributed by atoms with Gasteiger partial charge in [-0.1, -0.05) is 0 Å². The van der Waals surface area contributed by atoms with Gasteiger partial charge in [-0.2, -0.15) is 0 Å². The van der Waals surface area contributed by atoms with E-state index in [0.29, 0.717) is 18.2 Å². The van der Waals surface area contributed by atoms with Crippen LogP contribution in [0.5, 0.6) is 0 Å². The van der Waals surface area contributed by atoms with Gasteiger partial charge in [0.1, 0.15) is 0 Å². The summed E-state index contributed by atoms with van der Waals surface area (Å²) in [4.78, 5) is 13.9. The number of carbonyl (C=O) groups excluding carboxylic acids is 1. The highest BCUT2D eigenvalue weighted by atomic mass is 35.5. The molecule has 1 saturated heterocycles. The van der Waals surface area contributed by atoms with Crippen molar-refractivity contribution in [3.8, 4) is 0 Å². The molecule has 0 radical (unpaired) electrons. The number of hydrogen-bond donors (Lipinski definition) is 1. The van der Waals surface area contributed by atoms with Gasteiger partial charge in [0.05, 0.1) is 12.8 Å². The Labute approximate surface area is 114 Å². The molecule has 0 aliphatic carbocycles. The quantitative estimate of drug-likeness (QED) is 0.831. The summed E-state index contributed by atoms with van der Waals surface area (Å²) in [5.41, 5.74) is 0. The highest BCUT2D eigenvalue weighted by Crippen LogP contribution is 2.13. The first-order valence-corrected chi connectivity index (χ1v) is 6.21. The standard InChI is InChI=1S/C13H20N2O2.ClH/c1-15(9-11-4-6-14-7-5-11)10-12(16)13-3-2-8-17-13;/h2-3,8,11,14H,4-7,9-10H2,1H3;1H. The average Bonchev–Trinajstić information content (AvgIpc) is 2.83. The maximum Gasteiger partial charge on any atom is 0.211 e. The molecule has 0 spiro atoms. The Hall–Kier alpha value is -0.840. The lowest BCUT2D eigenvalue weighted by Gasteiger charge is -2.26. The van der Waals surface area contributed by atoms with E-state index in [1.54, 1.807) is 18.4 Å². The number of ketones is 1. The molecule has 2 rings (SSSR count). The summed E-state index contributed by atoms with van der Waals surface area (Å²) >= 11 is 0. The van der Waals surface area contributed by atoms with Crippen molar-refractivity contribution in [3.63, 3.8) is 0 Å². The van der Waals surface area contributed by atoms with Crippen LogP contribution in [0.15, 0.2) is 22.8 Å². The number of nitrogens with zero attached hydrogens (tertiary/aromatic N) is 1.